The van der Waals surface area contributed by atoms with Gasteiger partial charge in [0.15, 0.2) is 5.65 Å². The van der Waals surface area contributed by atoms with Gasteiger partial charge in [0, 0.05) is 5.92 Å². The molecule has 3 rings (SSSR count). The molecule has 0 bridgehead atoms. The third-order valence-electron chi connectivity index (χ3n) is 4.54. The van der Waals surface area contributed by atoms with Gasteiger partial charge in [-0.1, -0.05) is 19.1 Å². The van der Waals surface area contributed by atoms with Gasteiger partial charge < -0.3 is 10.1 Å². The molecule has 2 heterocycles. The number of aryl methyl sites for hydroxylation is 1. The van der Waals surface area contributed by atoms with Crippen molar-refractivity contribution in [3.05, 3.63) is 57.3 Å². The van der Waals surface area contributed by atoms with Gasteiger partial charge in [0.05, 0.1) is 23.9 Å². The number of halogens is 3. The van der Waals surface area contributed by atoms with E-state index in [1.807, 2.05) is 0 Å². The molecule has 2 unspecified atom stereocenters. The monoisotopic (exact) mass is 380 g/mol. The second kappa shape index (κ2) is 6.80. The van der Waals surface area contributed by atoms with Gasteiger partial charge in [0.1, 0.15) is 11.2 Å². The third-order valence-corrected chi connectivity index (χ3v) is 4.54. The Morgan fingerprint density at radius 1 is 1.22 bits per heavy atom. The smallest absolute Gasteiger partial charge is 0.396 e. The molecule has 0 radical (unpaired) electrons. The van der Waals surface area contributed by atoms with E-state index in [2.05, 4.69) is 15.1 Å². The highest BCUT2D eigenvalue weighted by atomic mass is 19.4. The fourth-order valence-corrected chi connectivity index (χ4v) is 2.97. The Hall–Kier alpha value is -2.68. The zero-order chi connectivity index (χ0) is 19.9. The molecule has 2 aromatic heterocycles. The molecule has 2 N–H and O–H groups in total. The largest absolute Gasteiger partial charge is 0.416 e. The van der Waals surface area contributed by atoms with Crippen molar-refractivity contribution in [1.82, 2.24) is 19.7 Å². The third kappa shape index (κ3) is 3.46. The number of H-pyrrole nitrogens is 1. The molecule has 0 amide bonds. The van der Waals surface area contributed by atoms with E-state index in [-0.39, 0.29) is 23.5 Å². The molecule has 0 aliphatic rings. The van der Waals surface area contributed by atoms with Gasteiger partial charge in [-0.25, -0.2) is 9.67 Å². The molecule has 27 heavy (non-hydrogen) atoms. The molecule has 0 saturated heterocycles. The molecule has 1 aromatic carbocycles. The Kier molecular flexibility index (Phi) is 4.81. The number of hydrogen-bond donors (Lipinski definition) is 2. The van der Waals surface area contributed by atoms with Crippen LogP contribution in [0.5, 0.6) is 0 Å². The lowest BCUT2D eigenvalue weighted by Gasteiger charge is -2.15. The minimum absolute atomic E-state index is 0.200. The van der Waals surface area contributed by atoms with Crippen LogP contribution >= 0.6 is 0 Å². The predicted octanol–water partition coefficient (Wildman–Crippen LogP) is 3.15. The second-order valence-electron chi connectivity index (χ2n) is 6.56. The van der Waals surface area contributed by atoms with Gasteiger partial charge in [-0.2, -0.15) is 18.3 Å². The average molecular weight is 380 g/mol. The highest BCUT2D eigenvalue weighted by Crippen LogP contribution is 2.31. The van der Waals surface area contributed by atoms with Gasteiger partial charge in [0.25, 0.3) is 5.56 Å². The highest BCUT2D eigenvalue weighted by Gasteiger charge is 2.30. The van der Waals surface area contributed by atoms with Crippen molar-refractivity contribution in [3.8, 4) is 0 Å². The summed E-state index contributed by atoms with van der Waals surface area (Å²) in [6, 6.07) is 4.34. The summed E-state index contributed by atoms with van der Waals surface area (Å²) in [6.07, 6.45) is -4.41. The topological polar surface area (TPSA) is 83.8 Å². The van der Waals surface area contributed by atoms with Crippen LogP contribution in [-0.4, -0.2) is 31.5 Å². The zero-order valence-corrected chi connectivity index (χ0v) is 15.0. The number of aromatic amines is 1. The van der Waals surface area contributed by atoms with E-state index in [9.17, 15) is 23.1 Å². The van der Waals surface area contributed by atoms with Crippen LogP contribution in [-0.2, 0) is 6.18 Å². The lowest BCUT2D eigenvalue weighted by molar-refractivity contribution is -0.137. The van der Waals surface area contributed by atoms with Crippen molar-refractivity contribution in [1.29, 1.82) is 0 Å². The van der Waals surface area contributed by atoms with Crippen LogP contribution < -0.4 is 5.56 Å². The molecule has 0 aliphatic carbocycles. The van der Waals surface area contributed by atoms with E-state index in [0.29, 0.717) is 22.7 Å². The van der Waals surface area contributed by atoms with E-state index in [1.165, 1.54) is 16.8 Å². The number of fused-ring (bicyclic) bond motifs is 1. The van der Waals surface area contributed by atoms with Crippen LogP contribution in [0.3, 0.4) is 0 Å². The van der Waals surface area contributed by atoms with Crippen LogP contribution in [0, 0.1) is 6.92 Å². The van der Waals surface area contributed by atoms with Crippen LogP contribution in [0.15, 0.2) is 29.1 Å². The summed E-state index contributed by atoms with van der Waals surface area (Å²) in [6.45, 7) is 4.93. The molecule has 0 spiro atoms. The predicted molar refractivity (Wildman–Crippen MR) is 93.6 cm³/mol. The zero-order valence-electron chi connectivity index (χ0n) is 15.0. The first-order valence-corrected chi connectivity index (χ1v) is 8.40. The Morgan fingerprint density at radius 2 is 1.85 bits per heavy atom. The summed E-state index contributed by atoms with van der Waals surface area (Å²) in [4.78, 5) is 19.4. The number of aliphatic hydroxyl groups is 1. The Labute approximate surface area is 152 Å². The van der Waals surface area contributed by atoms with E-state index < -0.39 is 17.8 Å². The average Bonchev–Trinajstić information content (AvgIpc) is 2.99. The van der Waals surface area contributed by atoms with Gasteiger partial charge in [-0.3, -0.25) is 4.79 Å². The first-order chi connectivity index (χ1) is 12.6. The normalized spacial score (nSPS) is 14.5. The van der Waals surface area contributed by atoms with Gasteiger partial charge in [0.2, 0.25) is 0 Å². The number of benzene rings is 1. The van der Waals surface area contributed by atoms with Crippen molar-refractivity contribution in [2.24, 2.45) is 0 Å². The molecule has 9 heteroatoms. The van der Waals surface area contributed by atoms with Crippen molar-refractivity contribution >= 4 is 11.0 Å². The number of aliphatic hydroxyl groups excluding tert-OH is 1. The van der Waals surface area contributed by atoms with Crippen LogP contribution in [0.1, 0.15) is 48.5 Å². The summed E-state index contributed by atoms with van der Waals surface area (Å²) in [5, 5.41) is 14.2. The highest BCUT2D eigenvalue weighted by molar-refractivity contribution is 5.78. The lowest BCUT2D eigenvalue weighted by atomic mass is 10.1. The summed E-state index contributed by atoms with van der Waals surface area (Å²) in [5.74, 6) is 0.00984. The molecule has 6 nitrogen and oxygen atoms in total. The Balaban J connectivity index is 2.14. The molecule has 3 aromatic rings. The number of alkyl halides is 3. The Bertz CT molecular complexity index is 1020. The summed E-state index contributed by atoms with van der Waals surface area (Å²) in [7, 11) is 0. The summed E-state index contributed by atoms with van der Waals surface area (Å²) < 4.78 is 39.9. The molecule has 2 atom stereocenters. The lowest BCUT2D eigenvalue weighted by Crippen LogP contribution is -2.14. The minimum Gasteiger partial charge on any atom is -0.396 e. The maximum absolute atomic E-state index is 12.8. The molecule has 0 fully saturated rings. The fourth-order valence-electron chi connectivity index (χ4n) is 2.97. The quantitative estimate of drug-likeness (QED) is 0.728. The van der Waals surface area contributed by atoms with E-state index in [4.69, 9.17) is 0 Å². The van der Waals surface area contributed by atoms with Crippen LogP contribution in [0.2, 0.25) is 0 Å². The first kappa shape index (κ1) is 19.1. The molecule has 0 aliphatic heterocycles. The van der Waals surface area contributed by atoms with E-state index in [1.54, 1.807) is 20.8 Å². The number of hydrogen-bond acceptors (Lipinski definition) is 4. The van der Waals surface area contributed by atoms with Crippen molar-refractivity contribution in [2.75, 3.05) is 6.61 Å². The summed E-state index contributed by atoms with van der Waals surface area (Å²) in [5.41, 5.74) is 0.233. The van der Waals surface area contributed by atoms with Crippen LogP contribution in [0.4, 0.5) is 13.2 Å². The van der Waals surface area contributed by atoms with Crippen molar-refractivity contribution in [2.45, 2.75) is 38.9 Å². The number of nitrogens with zero attached hydrogens (tertiary/aromatic N) is 3. The fraction of sp³-hybridized carbons (Fsp3) is 0.389. The molecular formula is C18H19F3N4O2. The number of rotatable bonds is 4. The second-order valence-corrected chi connectivity index (χ2v) is 6.56. The maximum atomic E-state index is 12.8. The maximum Gasteiger partial charge on any atom is 0.416 e. The number of nitrogens with one attached hydrogen (secondary N) is 1. The van der Waals surface area contributed by atoms with Crippen molar-refractivity contribution in [3.63, 3.8) is 0 Å². The first-order valence-electron chi connectivity index (χ1n) is 8.40. The van der Waals surface area contributed by atoms with Gasteiger partial charge in [-0.15, -0.1) is 0 Å². The molecule has 144 valence electrons. The standard InChI is InChI=1S/C18H19F3N4O2/c1-9(8-26)15-14-16(22-11(3)23-17(14)27)25(24-15)10(2)12-4-6-13(7-5-12)18(19,20)21/h4-7,9-10,26H,8H2,1-3H3,(H,22,23,27). The van der Waals surface area contributed by atoms with Crippen LogP contribution in [0.25, 0.3) is 11.0 Å². The van der Waals surface area contributed by atoms with Crippen molar-refractivity contribution < 1.29 is 18.3 Å². The number of aromatic nitrogens is 4. The SMILES string of the molecule is Cc1nc2c(c(C(C)CO)nn2C(C)c2ccc(C(F)(F)F)cc2)c(=O)[nH]1. The van der Waals surface area contributed by atoms with E-state index in [0.717, 1.165) is 12.1 Å². The summed E-state index contributed by atoms with van der Waals surface area (Å²) >= 11 is 0. The Morgan fingerprint density at radius 3 is 2.41 bits per heavy atom. The minimum atomic E-state index is -4.41. The van der Waals surface area contributed by atoms with Gasteiger partial charge >= 0.3 is 6.18 Å². The van der Waals surface area contributed by atoms with E-state index >= 15 is 0 Å². The van der Waals surface area contributed by atoms with Gasteiger partial charge in [-0.05, 0) is 31.5 Å². The molecule has 0 saturated carbocycles. The molecular weight excluding hydrogens is 361 g/mol.